The molecule has 1 aromatic rings. The summed E-state index contributed by atoms with van der Waals surface area (Å²) in [5, 5.41) is 18.3. The van der Waals surface area contributed by atoms with Gasteiger partial charge in [0.15, 0.2) is 6.61 Å². The van der Waals surface area contributed by atoms with Gasteiger partial charge in [-0.15, -0.1) is 0 Å². The van der Waals surface area contributed by atoms with Gasteiger partial charge >= 0.3 is 0 Å². The van der Waals surface area contributed by atoms with Crippen LogP contribution in [-0.2, 0) is 19.8 Å². The van der Waals surface area contributed by atoms with Crippen LogP contribution in [0.15, 0.2) is 47.1 Å². The van der Waals surface area contributed by atoms with E-state index in [2.05, 4.69) is 74.6 Å². The average molecular weight is 577 g/mol. The minimum absolute atomic E-state index is 0.00810. The number of rotatable bonds is 7. The largest absolute Gasteiger partial charge is 0.393 e. The van der Waals surface area contributed by atoms with Crippen molar-refractivity contribution in [1.29, 1.82) is 0 Å². The Bertz CT molecular complexity index is 1210. The molecule has 0 radical (unpaired) electrons. The molecule has 1 amide bonds. The number of oxime groups is 1. The molecule has 42 heavy (non-hydrogen) atoms. The standard InChI is InChI=1S/C36H52N2O4/c1-33(2)24-36(19-21-41-33,25-8-6-5-7-9-25)18-20-37-32(40)23-42-38-27-14-16-34(3)26(22-27)10-11-28-29-12-13-31(39)35(29,4)17-15-30(28)34/h5-9,22,28-31,39H,10-21,23-24H2,1-4H3,(H,37,40)/b38-27+/t28-,29-,30-,31+,34-,35-,36+/m0/s1. The Morgan fingerprint density at radius 3 is 2.62 bits per heavy atom. The molecule has 1 saturated heterocycles. The number of carbonyl (C=O) groups is 1. The smallest absolute Gasteiger partial charge is 0.260 e. The maximum atomic E-state index is 12.7. The molecule has 230 valence electrons. The fourth-order valence-electron chi connectivity index (χ4n) is 10.2. The Kier molecular flexibility index (Phi) is 8.10. The molecule has 6 nitrogen and oxygen atoms in total. The van der Waals surface area contributed by atoms with Crippen LogP contribution in [0.25, 0.3) is 0 Å². The lowest BCUT2D eigenvalue weighted by Crippen LogP contribution is -2.51. The molecule has 6 rings (SSSR count). The molecule has 4 aliphatic carbocycles. The van der Waals surface area contributed by atoms with Crippen molar-refractivity contribution < 1.29 is 19.5 Å². The third kappa shape index (κ3) is 5.47. The topological polar surface area (TPSA) is 80.2 Å². The Morgan fingerprint density at radius 2 is 1.83 bits per heavy atom. The van der Waals surface area contributed by atoms with Gasteiger partial charge in [0.25, 0.3) is 5.91 Å². The molecule has 1 aliphatic heterocycles. The summed E-state index contributed by atoms with van der Waals surface area (Å²) in [5.41, 5.74) is 3.98. The number of carbonyl (C=O) groups excluding carboxylic acids is 1. The predicted octanol–water partition coefficient (Wildman–Crippen LogP) is 6.72. The summed E-state index contributed by atoms with van der Waals surface area (Å²) in [5.74, 6) is 1.98. The molecule has 6 heteroatoms. The van der Waals surface area contributed by atoms with E-state index in [9.17, 15) is 9.90 Å². The molecule has 1 aromatic carbocycles. The van der Waals surface area contributed by atoms with E-state index in [1.807, 2.05) is 0 Å². The Hall–Kier alpha value is -2.18. The van der Waals surface area contributed by atoms with Crippen molar-refractivity contribution in [1.82, 2.24) is 5.32 Å². The normalized spacial score (nSPS) is 39.9. The summed E-state index contributed by atoms with van der Waals surface area (Å²) in [6.07, 6.45) is 13.8. The zero-order valence-corrected chi connectivity index (χ0v) is 26.3. The zero-order chi connectivity index (χ0) is 29.6. The third-order valence-electron chi connectivity index (χ3n) is 12.5. The van der Waals surface area contributed by atoms with Gasteiger partial charge in [0.05, 0.1) is 17.4 Å². The first-order chi connectivity index (χ1) is 20.0. The number of ether oxygens (including phenoxy) is 1. The quantitative estimate of drug-likeness (QED) is 0.353. The summed E-state index contributed by atoms with van der Waals surface area (Å²) >= 11 is 0. The molecule has 7 atom stereocenters. The van der Waals surface area contributed by atoms with Gasteiger partial charge in [-0.25, -0.2) is 0 Å². The summed E-state index contributed by atoms with van der Waals surface area (Å²) in [6, 6.07) is 10.7. The van der Waals surface area contributed by atoms with E-state index < -0.39 is 0 Å². The number of aliphatic hydroxyl groups is 1. The van der Waals surface area contributed by atoms with Crippen molar-refractivity contribution in [2.75, 3.05) is 19.8 Å². The van der Waals surface area contributed by atoms with Crippen molar-refractivity contribution in [3.05, 3.63) is 47.5 Å². The number of nitrogens with zero attached hydrogens (tertiary/aromatic N) is 1. The second-order valence-corrected chi connectivity index (χ2v) is 15.3. The number of hydrogen-bond acceptors (Lipinski definition) is 5. The van der Waals surface area contributed by atoms with Gasteiger partial charge < -0.3 is 20.0 Å². The predicted molar refractivity (Wildman–Crippen MR) is 166 cm³/mol. The zero-order valence-electron chi connectivity index (χ0n) is 26.3. The van der Waals surface area contributed by atoms with Crippen LogP contribution in [0.4, 0.5) is 0 Å². The van der Waals surface area contributed by atoms with Gasteiger partial charge in [0.1, 0.15) is 0 Å². The van der Waals surface area contributed by atoms with Crippen molar-refractivity contribution in [2.45, 2.75) is 115 Å². The van der Waals surface area contributed by atoms with E-state index in [1.165, 1.54) is 30.4 Å². The highest BCUT2D eigenvalue weighted by atomic mass is 16.6. The van der Waals surface area contributed by atoms with Crippen LogP contribution < -0.4 is 5.32 Å². The van der Waals surface area contributed by atoms with Crippen LogP contribution in [0.5, 0.6) is 0 Å². The second-order valence-electron chi connectivity index (χ2n) is 15.3. The van der Waals surface area contributed by atoms with Crippen LogP contribution in [0.2, 0.25) is 0 Å². The average Bonchev–Trinajstić information content (AvgIpc) is 3.27. The van der Waals surface area contributed by atoms with E-state index in [4.69, 9.17) is 9.57 Å². The van der Waals surface area contributed by atoms with Gasteiger partial charge in [0, 0.05) is 18.6 Å². The van der Waals surface area contributed by atoms with Crippen molar-refractivity contribution in [3.63, 3.8) is 0 Å². The third-order valence-corrected chi connectivity index (χ3v) is 12.5. The number of benzene rings is 1. The van der Waals surface area contributed by atoms with Crippen LogP contribution in [-0.4, -0.2) is 48.2 Å². The number of aliphatic hydroxyl groups excluding tert-OH is 1. The highest BCUT2D eigenvalue weighted by molar-refractivity contribution is 5.96. The van der Waals surface area contributed by atoms with Crippen molar-refractivity contribution >= 4 is 11.6 Å². The van der Waals surface area contributed by atoms with E-state index in [0.717, 1.165) is 69.6 Å². The fraction of sp³-hybridized carbons (Fsp3) is 0.722. The highest BCUT2D eigenvalue weighted by Gasteiger charge is 2.58. The molecule has 0 unspecified atom stereocenters. The van der Waals surface area contributed by atoms with Gasteiger partial charge in [-0.05, 0) is 125 Å². The van der Waals surface area contributed by atoms with Gasteiger partial charge in [-0.3, -0.25) is 4.79 Å². The Balaban J connectivity index is 1.02. The summed E-state index contributed by atoms with van der Waals surface area (Å²) in [4.78, 5) is 18.3. The molecular weight excluding hydrogens is 524 g/mol. The number of hydrogen-bond donors (Lipinski definition) is 2. The number of allylic oxidation sites excluding steroid dienone is 2. The summed E-state index contributed by atoms with van der Waals surface area (Å²) < 4.78 is 6.03. The molecule has 2 N–H and O–H groups in total. The van der Waals surface area contributed by atoms with E-state index in [-0.39, 0.29) is 40.5 Å². The lowest BCUT2D eigenvalue weighted by atomic mass is 9.47. The molecule has 4 fully saturated rings. The van der Waals surface area contributed by atoms with E-state index >= 15 is 0 Å². The summed E-state index contributed by atoms with van der Waals surface area (Å²) in [7, 11) is 0. The molecule has 3 saturated carbocycles. The van der Waals surface area contributed by atoms with Crippen LogP contribution in [0.3, 0.4) is 0 Å². The maximum absolute atomic E-state index is 12.7. The molecule has 0 bridgehead atoms. The second kappa shape index (κ2) is 11.4. The lowest BCUT2D eigenvalue weighted by Gasteiger charge is -2.57. The number of fused-ring (bicyclic) bond motifs is 5. The van der Waals surface area contributed by atoms with Gasteiger partial charge in [0.2, 0.25) is 0 Å². The first-order valence-corrected chi connectivity index (χ1v) is 16.6. The molecule has 0 aromatic heterocycles. The monoisotopic (exact) mass is 576 g/mol. The number of amides is 1. The fourth-order valence-corrected chi connectivity index (χ4v) is 10.2. The lowest BCUT2D eigenvalue weighted by molar-refractivity contribution is -0.125. The van der Waals surface area contributed by atoms with Crippen molar-refractivity contribution in [2.24, 2.45) is 33.7 Å². The first kappa shape index (κ1) is 29.9. The Labute approximate surface area is 252 Å². The van der Waals surface area contributed by atoms with Gasteiger partial charge in [-0.2, -0.15) is 0 Å². The summed E-state index contributed by atoms with van der Waals surface area (Å²) in [6.45, 7) is 10.4. The van der Waals surface area contributed by atoms with E-state index in [1.54, 1.807) is 0 Å². The molecule has 5 aliphatic rings. The van der Waals surface area contributed by atoms with Crippen LogP contribution in [0, 0.1) is 28.6 Å². The highest BCUT2D eigenvalue weighted by Crippen LogP contribution is 2.65. The number of nitrogens with one attached hydrogen (secondary N) is 1. The molecular formula is C36H52N2O4. The maximum Gasteiger partial charge on any atom is 0.260 e. The Morgan fingerprint density at radius 1 is 1.02 bits per heavy atom. The van der Waals surface area contributed by atoms with Crippen LogP contribution in [0.1, 0.15) is 104 Å². The van der Waals surface area contributed by atoms with Crippen LogP contribution >= 0.6 is 0 Å². The SMILES string of the molecule is CC1(C)C[C@](CCNC(=O)CO/N=C2/C=C3CC[C@H]4[C@@H]5CC[C@@H](O)[C@@]5(C)CC[C@@H]4[C@@]3(C)CC2)(c2ccccc2)CCO1. The molecule has 0 spiro atoms. The minimum Gasteiger partial charge on any atom is -0.393 e. The van der Waals surface area contributed by atoms with Gasteiger partial charge in [-0.1, -0.05) is 54.9 Å². The minimum atomic E-state index is -0.183. The van der Waals surface area contributed by atoms with Crippen molar-refractivity contribution in [3.8, 4) is 0 Å². The van der Waals surface area contributed by atoms with E-state index in [0.29, 0.717) is 18.4 Å². The first-order valence-electron chi connectivity index (χ1n) is 16.6. The molecule has 1 heterocycles.